The zero-order valence-corrected chi connectivity index (χ0v) is 17.7. The Morgan fingerprint density at radius 2 is 2.13 bits per heavy atom. The van der Waals surface area contributed by atoms with Gasteiger partial charge in [-0.05, 0) is 44.7 Å². The van der Waals surface area contributed by atoms with Gasteiger partial charge in [0.25, 0.3) is 0 Å². The molecule has 1 amide bonds. The number of amidine groups is 1. The summed E-state index contributed by atoms with van der Waals surface area (Å²) >= 11 is 0. The van der Waals surface area contributed by atoms with Gasteiger partial charge in [0, 0.05) is 13.1 Å². The first-order chi connectivity index (χ1) is 14.1. The molecule has 0 aliphatic carbocycles. The first kappa shape index (κ1) is 21.6. The molecule has 10 heteroatoms. The van der Waals surface area contributed by atoms with E-state index in [9.17, 15) is 4.79 Å². The molecular weight excluding hydrogens is 386 g/mol. The number of likely N-dealkylation sites (tertiary alicyclic amines) is 1. The number of hydrogen-bond donors (Lipinski definition) is 4. The van der Waals surface area contributed by atoms with Crippen LogP contribution < -0.4 is 26.9 Å². The summed E-state index contributed by atoms with van der Waals surface area (Å²) in [5.41, 5.74) is 2.10. The quantitative estimate of drug-likeness (QED) is 0.256. The summed E-state index contributed by atoms with van der Waals surface area (Å²) in [6.07, 6.45) is 0.293. The minimum Gasteiger partial charge on any atom is -0.496 e. The molecular formula is C20H29N7O3. The van der Waals surface area contributed by atoms with E-state index >= 15 is 0 Å². The van der Waals surface area contributed by atoms with Crippen LogP contribution in [0.4, 0.5) is 10.6 Å². The Bertz CT molecular complexity index is 957. The van der Waals surface area contributed by atoms with Gasteiger partial charge in [0.1, 0.15) is 17.0 Å². The van der Waals surface area contributed by atoms with Crippen LogP contribution in [0.5, 0.6) is 5.75 Å². The molecule has 3 rings (SSSR count). The molecule has 1 aliphatic rings. The van der Waals surface area contributed by atoms with Crippen LogP contribution in [0.25, 0.3) is 10.8 Å². The monoisotopic (exact) mass is 415 g/mol. The van der Waals surface area contributed by atoms with Crippen LogP contribution in [0.1, 0.15) is 32.9 Å². The van der Waals surface area contributed by atoms with Crippen molar-refractivity contribution in [2.45, 2.75) is 38.8 Å². The number of carbonyl (C=O) groups is 1. The molecule has 1 aromatic carbocycles. The van der Waals surface area contributed by atoms with Crippen molar-refractivity contribution in [1.82, 2.24) is 15.3 Å². The summed E-state index contributed by atoms with van der Waals surface area (Å²) in [4.78, 5) is 18.6. The third-order valence-electron chi connectivity index (χ3n) is 4.87. The van der Waals surface area contributed by atoms with Crippen LogP contribution in [-0.4, -0.2) is 53.7 Å². The third-order valence-corrected chi connectivity index (χ3v) is 4.87. The number of benzene rings is 1. The van der Waals surface area contributed by atoms with Gasteiger partial charge in [-0.1, -0.05) is 12.1 Å². The van der Waals surface area contributed by atoms with Gasteiger partial charge in [0.2, 0.25) is 0 Å². The fraction of sp³-hybridized carbons (Fsp3) is 0.450. The van der Waals surface area contributed by atoms with Crippen molar-refractivity contribution in [3.63, 3.8) is 0 Å². The Balaban J connectivity index is 1.95. The van der Waals surface area contributed by atoms with Gasteiger partial charge in [0.15, 0.2) is 11.7 Å². The molecule has 0 spiro atoms. The highest BCUT2D eigenvalue weighted by Gasteiger charge is 2.33. The molecule has 162 valence electrons. The average Bonchev–Trinajstić information content (AvgIpc) is 3.20. The fourth-order valence-corrected chi connectivity index (χ4v) is 3.45. The van der Waals surface area contributed by atoms with Crippen LogP contribution in [0.3, 0.4) is 0 Å². The van der Waals surface area contributed by atoms with Gasteiger partial charge in [0.05, 0.1) is 18.5 Å². The van der Waals surface area contributed by atoms with Gasteiger partial charge in [-0.2, -0.15) is 0 Å². The molecule has 10 nitrogen and oxygen atoms in total. The normalized spacial score (nSPS) is 16.5. The van der Waals surface area contributed by atoms with Gasteiger partial charge in [-0.25, -0.2) is 21.5 Å². The van der Waals surface area contributed by atoms with Crippen LogP contribution in [0.15, 0.2) is 24.3 Å². The highest BCUT2D eigenvalue weighted by molar-refractivity contribution is 6.03. The molecule has 0 radical (unpaired) electrons. The van der Waals surface area contributed by atoms with Crippen molar-refractivity contribution in [2.75, 3.05) is 25.2 Å². The lowest BCUT2D eigenvalue weighted by Gasteiger charge is -2.28. The lowest BCUT2D eigenvalue weighted by Crippen LogP contribution is -2.45. The van der Waals surface area contributed by atoms with E-state index in [4.69, 9.17) is 26.6 Å². The van der Waals surface area contributed by atoms with Crippen LogP contribution in [0, 0.1) is 5.41 Å². The Kier molecular flexibility index (Phi) is 5.99. The van der Waals surface area contributed by atoms with E-state index in [1.807, 2.05) is 39.0 Å². The predicted octanol–water partition coefficient (Wildman–Crippen LogP) is 1.72. The molecule has 2 heterocycles. The van der Waals surface area contributed by atoms with E-state index in [0.29, 0.717) is 36.8 Å². The number of nitrogens with one attached hydrogen (secondary N) is 2. The number of methoxy groups -OCH3 is 1. The lowest BCUT2D eigenvalue weighted by molar-refractivity contribution is 0.0292. The number of aromatic nitrogens is 1. The molecule has 1 saturated heterocycles. The summed E-state index contributed by atoms with van der Waals surface area (Å²) in [6, 6.07) is 7.16. The number of amides is 1. The number of pyridine rings is 1. The maximum atomic E-state index is 12.4. The van der Waals surface area contributed by atoms with Crippen molar-refractivity contribution in [2.24, 2.45) is 11.7 Å². The smallest absolute Gasteiger partial charge is 0.410 e. The van der Waals surface area contributed by atoms with Crippen LogP contribution >= 0.6 is 0 Å². The zero-order chi connectivity index (χ0) is 22.1. The Labute approximate surface area is 175 Å². The second-order valence-corrected chi connectivity index (χ2v) is 8.18. The second-order valence-electron chi connectivity index (χ2n) is 8.18. The highest BCUT2D eigenvalue weighted by Crippen LogP contribution is 2.34. The number of anilines is 1. The standard InChI is InChI=1S/C20H29N7O3/c1-20(2,3)30-19(28)26-9-8-13(11-26)27(23)18-16-12(6-5-7-15(16)29-4)10-14(24-18)17(21)25-22/h5-7,10,13H,8-9,11,22-23H2,1-4H3,(H2,21,25)/t13-/m0/s1. The van der Waals surface area contributed by atoms with Crippen molar-refractivity contribution < 1.29 is 14.3 Å². The van der Waals surface area contributed by atoms with Crippen LogP contribution in [0.2, 0.25) is 0 Å². The van der Waals surface area contributed by atoms with Crippen molar-refractivity contribution in [3.05, 3.63) is 30.0 Å². The SMILES string of the molecule is COc1cccc2cc(C(=N)NN)nc(N(N)[C@H]3CCN(C(=O)OC(C)(C)C)C3)c12. The Hall–Kier alpha value is -3.11. The van der Waals surface area contributed by atoms with Gasteiger partial charge in [-0.15, -0.1) is 0 Å². The third kappa shape index (κ3) is 4.39. The number of nitrogens with zero attached hydrogens (tertiary/aromatic N) is 3. The number of fused-ring (bicyclic) bond motifs is 1. The van der Waals surface area contributed by atoms with E-state index in [2.05, 4.69) is 10.4 Å². The molecule has 2 aromatic rings. The van der Waals surface area contributed by atoms with E-state index in [-0.39, 0.29) is 18.0 Å². The molecule has 0 saturated carbocycles. The number of rotatable bonds is 4. The zero-order valence-electron chi connectivity index (χ0n) is 17.7. The highest BCUT2D eigenvalue weighted by atomic mass is 16.6. The lowest BCUT2D eigenvalue weighted by atomic mass is 10.1. The molecule has 0 unspecified atom stereocenters. The summed E-state index contributed by atoms with van der Waals surface area (Å²) in [7, 11) is 1.58. The molecule has 1 aliphatic heterocycles. The van der Waals surface area contributed by atoms with E-state index in [0.717, 1.165) is 10.8 Å². The largest absolute Gasteiger partial charge is 0.496 e. The van der Waals surface area contributed by atoms with Gasteiger partial charge in [-0.3, -0.25) is 10.4 Å². The topological polar surface area (TPSA) is 143 Å². The maximum absolute atomic E-state index is 12.4. The molecule has 6 N–H and O–H groups in total. The number of ether oxygens (including phenoxy) is 2. The minimum absolute atomic E-state index is 0.0313. The second kappa shape index (κ2) is 8.33. The summed E-state index contributed by atoms with van der Waals surface area (Å²) in [5.74, 6) is 13.0. The summed E-state index contributed by atoms with van der Waals surface area (Å²) in [6.45, 7) is 6.44. The average molecular weight is 415 g/mol. The molecule has 1 aromatic heterocycles. The number of nitrogens with two attached hydrogens (primary N) is 2. The molecule has 1 fully saturated rings. The summed E-state index contributed by atoms with van der Waals surface area (Å²) in [5, 5.41) is 11.1. The van der Waals surface area contributed by atoms with Crippen molar-refractivity contribution in [1.29, 1.82) is 5.41 Å². The first-order valence-electron chi connectivity index (χ1n) is 9.69. The summed E-state index contributed by atoms with van der Waals surface area (Å²) < 4.78 is 11.0. The molecule has 1 atom stereocenters. The predicted molar refractivity (Wildman–Crippen MR) is 115 cm³/mol. The Morgan fingerprint density at radius 3 is 2.77 bits per heavy atom. The van der Waals surface area contributed by atoms with Crippen molar-refractivity contribution >= 4 is 28.5 Å². The first-order valence-corrected chi connectivity index (χ1v) is 9.69. The number of hydrazine groups is 2. The van der Waals surface area contributed by atoms with Gasteiger partial charge < -0.3 is 19.8 Å². The van der Waals surface area contributed by atoms with Crippen LogP contribution in [-0.2, 0) is 4.74 Å². The Morgan fingerprint density at radius 1 is 1.40 bits per heavy atom. The number of carbonyl (C=O) groups excluding carboxylic acids is 1. The van der Waals surface area contributed by atoms with Crippen molar-refractivity contribution in [3.8, 4) is 5.75 Å². The minimum atomic E-state index is -0.563. The molecule has 0 bridgehead atoms. The van der Waals surface area contributed by atoms with E-state index < -0.39 is 5.60 Å². The van der Waals surface area contributed by atoms with E-state index in [1.165, 1.54) is 0 Å². The van der Waals surface area contributed by atoms with E-state index in [1.54, 1.807) is 23.1 Å². The molecule has 30 heavy (non-hydrogen) atoms. The maximum Gasteiger partial charge on any atom is 0.410 e. The fourth-order valence-electron chi connectivity index (χ4n) is 3.45. The number of hydrogen-bond acceptors (Lipinski definition) is 8. The van der Waals surface area contributed by atoms with Gasteiger partial charge >= 0.3 is 6.09 Å².